The zero-order chi connectivity index (χ0) is 20.4. The molecule has 4 rings (SSSR count). The molecule has 1 aromatic heterocycles. The van der Waals surface area contributed by atoms with Crippen LogP contribution in [0.1, 0.15) is 15.2 Å². The van der Waals surface area contributed by atoms with Crippen LogP contribution < -0.4 is 0 Å². The Morgan fingerprint density at radius 2 is 1.79 bits per heavy atom. The standard InChI is InChI=1S/C20H18ClNO5S2/c21-19-16-3-1-2-4-17(16)28-18(19)13-27-20(23)14-5-7-15(8-6-14)29(24,25)22-9-11-26-12-10-22/h1-8H,9-13H2. The lowest BCUT2D eigenvalue weighted by Gasteiger charge is -2.26. The fourth-order valence-corrected chi connectivity index (χ4v) is 5.88. The first kappa shape index (κ1) is 20.3. The van der Waals surface area contributed by atoms with Gasteiger partial charge >= 0.3 is 5.97 Å². The van der Waals surface area contributed by atoms with Crippen molar-refractivity contribution in [1.82, 2.24) is 4.31 Å². The molecule has 2 aromatic carbocycles. The predicted molar refractivity (Wildman–Crippen MR) is 112 cm³/mol. The van der Waals surface area contributed by atoms with E-state index >= 15 is 0 Å². The second kappa shape index (κ2) is 8.41. The molecule has 0 aliphatic carbocycles. The summed E-state index contributed by atoms with van der Waals surface area (Å²) in [5.74, 6) is -0.533. The lowest BCUT2D eigenvalue weighted by molar-refractivity contribution is 0.0477. The van der Waals surface area contributed by atoms with E-state index in [2.05, 4.69) is 0 Å². The third-order valence-electron chi connectivity index (χ3n) is 4.63. The molecule has 0 radical (unpaired) electrons. The molecule has 0 bridgehead atoms. The van der Waals surface area contributed by atoms with Crippen molar-refractivity contribution in [2.45, 2.75) is 11.5 Å². The van der Waals surface area contributed by atoms with Gasteiger partial charge in [0.25, 0.3) is 0 Å². The molecule has 3 aromatic rings. The molecular formula is C20H18ClNO5S2. The number of rotatable bonds is 5. The third-order valence-corrected chi connectivity index (χ3v) is 8.23. The van der Waals surface area contributed by atoms with Crippen LogP contribution in [0.4, 0.5) is 0 Å². The molecule has 0 unspecified atom stereocenters. The summed E-state index contributed by atoms with van der Waals surface area (Å²) in [6.45, 7) is 1.46. The highest BCUT2D eigenvalue weighted by Crippen LogP contribution is 2.35. The summed E-state index contributed by atoms with van der Waals surface area (Å²) in [5.41, 5.74) is 0.281. The van der Waals surface area contributed by atoms with Gasteiger partial charge in [-0.25, -0.2) is 13.2 Å². The lowest BCUT2D eigenvalue weighted by atomic mass is 10.2. The van der Waals surface area contributed by atoms with Gasteiger partial charge in [-0.1, -0.05) is 29.8 Å². The summed E-state index contributed by atoms with van der Waals surface area (Å²) < 4.78 is 38.3. The van der Waals surface area contributed by atoms with Crippen molar-refractivity contribution < 1.29 is 22.7 Å². The number of esters is 1. The molecule has 0 amide bonds. The number of sulfonamides is 1. The SMILES string of the molecule is O=C(OCc1sc2ccccc2c1Cl)c1ccc(S(=O)(=O)N2CCOCC2)cc1. The smallest absolute Gasteiger partial charge is 0.338 e. The van der Waals surface area contributed by atoms with Crippen LogP contribution in [0.3, 0.4) is 0 Å². The highest BCUT2D eigenvalue weighted by Gasteiger charge is 2.26. The van der Waals surface area contributed by atoms with Crippen molar-refractivity contribution in [3.05, 3.63) is 64.0 Å². The Balaban J connectivity index is 1.44. The minimum atomic E-state index is -3.59. The van der Waals surface area contributed by atoms with Crippen LogP contribution in [0, 0.1) is 0 Å². The molecule has 1 saturated heterocycles. The first-order chi connectivity index (χ1) is 14.0. The predicted octanol–water partition coefficient (Wildman–Crippen LogP) is 3.93. The van der Waals surface area contributed by atoms with E-state index in [-0.39, 0.29) is 17.1 Å². The second-order valence-electron chi connectivity index (χ2n) is 6.45. The monoisotopic (exact) mass is 451 g/mol. The Labute approximate surface area is 177 Å². The van der Waals surface area contributed by atoms with Crippen LogP contribution in [0.2, 0.25) is 5.02 Å². The van der Waals surface area contributed by atoms with Crippen LogP contribution in [-0.2, 0) is 26.1 Å². The number of nitrogens with zero attached hydrogens (tertiary/aromatic N) is 1. The van der Waals surface area contributed by atoms with E-state index in [1.54, 1.807) is 0 Å². The minimum Gasteiger partial charge on any atom is -0.456 e. The van der Waals surface area contributed by atoms with Crippen LogP contribution in [0.25, 0.3) is 10.1 Å². The molecule has 29 heavy (non-hydrogen) atoms. The van der Waals surface area contributed by atoms with Crippen molar-refractivity contribution in [2.24, 2.45) is 0 Å². The Bertz CT molecular complexity index is 1140. The van der Waals surface area contributed by atoms with E-state index < -0.39 is 16.0 Å². The topological polar surface area (TPSA) is 72.9 Å². The Kier molecular flexibility index (Phi) is 5.89. The van der Waals surface area contributed by atoms with Crippen molar-refractivity contribution >= 4 is 49.0 Å². The molecular weight excluding hydrogens is 434 g/mol. The van der Waals surface area contributed by atoms with Crippen molar-refractivity contribution in [1.29, 1.82) is 0 Å². The summed E-state index contributed by atoms with van der Waals surface area (Å²) in [6.07, 6.45) is 0. The van der Waals surface area contributed by atoms with Crippen LogP contribution in [0.5, 0.6) is 0 Å². The number of hydrogen-bond donors (Lipinski definition) is 0. The summed E-state index contributed by atoms with van der Waals surface area (Å²) in [4.78, 5) is 13.3. The van der Waals surface area contributed by atoms with Gasteiger partial charge in [0.1, 0.15) is 6.61 Å². The van der Waals surface area contributed by atoms with Crippen molar-refractivity contribution in [3.8, 4) is 0 Å². The van der Waals surface area contributed by atoms with Gasteiger partial charge in [0.05, 0.1) is 33.6 Å². The number of fused-ring (bicyclic) bond motifs is 1. The minimum absolute atomic E-state index is 0.0604. The van der Waals surface area contributed by atoms with Gasteiger partial charge in [-0.3, -0.25) is 0 Å². The van der Waals surface area contributed by atoms with E-state index in [0.29, 0.717) is 31.3 Å². The average molecular weight is 452 g/mol. The van der Waals surface area contributed by atoms with Crippen molar-refractivity contribution in [2.75, 3.05) is 26.3 Å². The number of morpholine rings is 1. The van der Waals surface area contributed by atoms with E-state index in [1.165, 1.54) is 39.9 Å². The number of halogens is 1. The number of hydrogen-bond acceptors (Lipinski definition) is 6. The molecule has 0 saturated carbocycles. The number of benzene rings is 2. The zero-order valence-electron chi connectivity index (χ0n) is 15.3. The summed E-state index contributed by atoms with van der Waals surface area (Å²) in [7, 11) is -3.59. The maximum absolute atomic E-state index is 12.6. The average Bonchev–Trinajstić information content (AvgIpc) is 3.08. The van der Waals surface area contributed by atoms with Gasteiger partial charge < -0.3 is 9.47 Å². The molecule has 1 aliphatic rings. The lowest BCUT2D eigenvalue weighted by Crippen LogP contribution is -2.40. The summed E-state index contributed by atoms with van der Waals surface area (Å²) >= 11 is 7.85. The Hall–Kier alpha value is -1.97. The maximum atomic E-state index is 12.6. The highest BCUT2D eigenvalue weighted by molar-refractivity contribution is 7.89. The number of carbonyl (C=O) groups is 1. The third kappa shape index (κ3) is 4.17. The molecule has 1 fully saturated rings. The van der Waals surface area contributed by atoms with Crippen LogP contribution >= 0.6 is 22.9 Å². The van der Waals surface area contributed by atoms with Gasteiger partial charge in [0, 0.05) is 23.2 Å². The van der Waals surface area contributed by atoms with Gasteiger partial charge in [-0.2, -0.15) is 4.31 Å². The number of thiophene rings is 1. The highest BCUT2D eigenvalue weighted by atomic mass is 35.5. The number of ether oxygens (including phenoxy) is 2. The number of carbonyl (C=O) groups excluding carboxylic acids is 1. The fourth-order valence-electron chi connectivity index (χ4n) is 3.07. The molecule has 2 heterocycles. The largest absolute Gasteiger partial charge is 0.456 e. The van der Waals surface area contributed by atoms with Crippen molar-refractivity contribution in [3.63, 3.8) is 0 Å². The Morgan fingerprint density at radius 1 is 1.10 bits per heavy atom. The molecule has 152 valence electrons. The Morgan fingerprint density at radius 3 is 2.48 bits per heavy atom. The summed E-state index contributed by atoms with van der Waals surface area (Å²) in [6, 6.07) is 13.5. The van der Waals surface area contributed by atoms with Gasteiger partial charge in [0.15, 0.2) is 0 Å². The summed E-state index contributed by atoms with van der Waals surface area (Å²) in [5, 5.41) is 1.52. The second-order valence-corrected chi connectivity index (χ2v) is 9.90. The van der Waals surface area contributed by atoms with Gasteiger partial charge in [-0.05, 0) is 30.3 Å². The molecule has 9 heteroatoms. The maximum Gasteiger partial charge on any atom is 0.338 e. The zero-order valence-corrected chi connectivity index (χ0v) is 17.7. The van der Waals surface area contributed by atoms with E-state index in [1.807, 2.05) is 24.3 Å². The van der Waals surface area contributed by atoms with E-state index in [4.69, 9.17) is 21.1 Å². The van der Waals surface area contributed by atoms with Gasteiger partial charge in [0.2, 0.25) is 10.0 Å². The first-order valence-electron chi connectivity index (χ1n) is 8.98. The van der Waals surface area contributed by atoms with E-state index in [9.17, 15) is 13.2 Å². The van der Waals surface area contributed by atoms with Crippen LogP contribution in [0.15, 0.2) is 53.4 Å². The molecule has 6 nitrogen and oxygen atoms in total. The fraction of sp³-hybridized carbons (Fsp3) is 0.250. The van der Waals surface area contributed by atoms with E-state index in [0.717, 1.165) is 15.0 Å². The normalized spacial score (nSPS) is 15.5. The molecule has 1 aliphatic heterocycles. The molecule has 0 atom stereocenters. The molecule has 0 spiro atoms. The van der Waals surface area contributed by atoms with Gasteiger partial charge in [-0.15, -0.1) is 11.3 Å². The molecule has 0 N–H and O–H groups in total. The quantitative estimate of drug-likeness (QED) is 0.549. The first-order valence-corrected chi connectivity index (χ1v) is 11.6. The van der Waals surface area contributed by atoms with Crippen LogP contribution in [-0.4, -0.2) is 45.0 Å².